The van der Waals surface area contributed by atoms with E-state index >= 15 is 0 Å². The third-order valence-electron chi connectivity index (χ3n) is 2.32. The number of hydrogen-bond donors (Lipinski definition) is 2. The number of ether oxygens (including phenoxy) is 1. The van der Waals surface area contributed by atoms with E-state index in [1.807, 2.05) is 24.3 Å². The number of benzene rings is 1. The van der Waals surface area contributed by atoms with Gasteiger partial charge in [0.15, 0.2) is 0 Å². The Labute approximate surface area is 91.3 Å². The fourth-order valence-corrected chi connectivity index (χ4v) is 1.62. The summed E-state index contributed by atoms with van der Waals surface area (Å²) in [6, 6.07) is 7.34. The molecule has 0 aliphatic carbocycles. The Morgan fingerprint density at radius 3 is 2.94 bits per heavy atom. The van der Waals surface area contributed by atoms with E-state index in [2.05, 4.69) is 14.9 Å². The van der Waals surface area contributed by atoms with Gasteiger partial charge in [-0.2, -0.15) is 0 Å². The van der Waals surface area contributed by atoms with E-state index in [1.54, 1.807) is 0 Å². The largest absolute Gasteiger partial charge is 0.464 e. The molecule has 1 aromatic heterocycles. The minimum Gasteiger partial charge on any atom is -0.464 e. The summed E-state index contributed by atoms with van der Waals surface area (Å²) in [5.74, 6) is -0.494. The summed E-state index contributed by atoms with van der Waals surface area (Å²) < 4.78 is 4.64. The van der Waals surface area contributed by atoms with Crippen LogP contribution in [0, 0.1) is 0 Å². The molecule has 0 bridgehead atoms. The molecule has 0 fully saturated rings. The van der Waals surface area contributed by atoms with Crippen molar-refractivity contribution in [2.24, 2.45) is 5.16 Å². The standard InChI is InChI=1S/C11H10N2O3/c1-16-11(14)10-8(6-12-15)7-4-2-3-5-9(7)13-10/h2-6,13,15H,1H3/b12-6-. The van der Waals surface area contributed by atoms with Gasteiger partial charge in [0.25, 0.3) is 0 Å². The Bertz CT molecular complexity index is 557. The second-order valence-electron chi connectivity index (χ2n) is 3.20. The molecular formula is C11H10N2O3. The van der Waals surface area contributed by atoms with Crippen molar-refractivity contribution >= 4 is 23.1 Å². The minimum atomic E-state index is -0.494. The van der Waals surface area contributed by atoms with Crippen LogP contribution in [0.5, 0.6) is 0 Å². The number of aromatic amines is 1. The van der Waals surface area contributed by atoms with Crippen LogP contribution in [-0.4, -0.2) is 29.5 Å². The average molecular weight is 218 g/mol. The van der Waals surface area contributed by atoms with Crippen molar-refractivity contribution in [1.29, 1.82) is 0 Å². The van der Waals surface area contributed by atoms with E-state index in [0.717, 1.165) is 10.9 Å². The monoisotopic (exact) mass is 218 g/mol. The van der Waals surface area contributed by atoms with Crippen LogP contribution in [0.4, 0.5) is 0 Å². The Morgan fingerprint density at radius 2 is 2.25 bits per heavy atom. The van der Waals surface area contributed by atoms with Crippen LogP contribution in [0.2, 0.25) is 0 Å². The highest BCUT2D eigenvalue weighted by Gasteiger charge is 2.16. The van der Waals surface area contributed by atoms with Crippen molar-refractivity contribution in [1.82, 2.24) is 4.98 Å². The number of para-hydroxylation sites is 1. The van der Waals surface area contributed by atoms with Crippen LogP contribution in [0.15, 0.2) is 29.4 Å². The molecule has 2 N–H and O–H groups in total. The number of aromatic nitrogens is 1. The normalized spacial score (nSPS) is 11.1. The second kappa shape index (κ2) is 4.06. The fourth-order valence-electron chi connectivity index (χ4n) is 1.62. The number of rotatable bonds is 2. The number of hydrogen-bond acceptors (Lipinski definition) is 4. The van der Waals surface area contributed by atoms with Crippen LogP contribution in [0.1, 0.15) is 16.1 Å². The zero-order valence-electron chi connectivity index (χ0n) is 8.60. The number of H-pyrrole nitrogens is 1. The summed E-state index contributed by atoms with van der Waals surface area (Å²) in [5.41, 5.74) is 1.59. The molecule has 5 nitrogen and oxygen atoms in total. The van der Waals surface area contributed by atoms with E-state index < -0.39 is 5.97 Å². The number of nitrogens with one attached hydrogen (secondary N) is 1. The van der Waals surface area contributed by atoms with E-state index in [0.29, 0.717) is 5.56 Å². The molecule has 0 spiro atoms. The third-order valence-corrected chi connectivity index (χ3v) is 2.32. The van der Waals surface area contributed by atoms with Gasteiger partial charge in [-0.05, 0) is 6.07 Å². The fraction of sp³-hybridized carbons (Fsp3) is 0.0909. The minimum absolute atomic E-state index is 0.279. The first-order valence-electron chi connectivity index (χ1n) is 4.64. The lowest BCUT2D eigenvalue weighted by Gasteiger charge is -1.96. The number of carbonyl (C=O) groups excluding carboxylic acids is 1. The SMILES string of the molecule is COC(=O)c1[nH]c2ccccc2c1/C=N\O. The lowest BCUT2D eigenvalue weighted by molar-refractivity contribution is 0.0595. The van der Waals surface area contributed by atoms with Crippen LogP contribution >= 0.6 is 0 Å². The Morgan fingerprint density at radius 1 is 1.50 bits per heavy atom. The topological polar surface area (TPSA) is 74.7 Å². The van der Waals surface area contributed by atoms with Crippen molar-refractivity contribution in [3.8, 4) is 0 Å². The lowest BCUT2D eigenvalue weighted by Crippen LogP contribution is -2.04. The first kappa shape index (κ1) is 10.2. The van der Waals surface area contributed by atoms with Crippen molar-refractivity contribution in [2.45, 2.75) is 0 Å². The number of methoxy groups -OCH3 is 1. The van der Waals surface area contributed by atoms with E-state index in [1.165, 1.54) is 13.3 Å². The predicted molar refractivity (Wildman–Crippen MR) is 59.0 cm³/mol. The highest BCUT2D eigenvalue weighted by atomic mass is 16.5. The Hall–Kier alpha value is -2.30. The number of nitrogens with zero attached hydrogens (tertiary/aromatic N) is 1. The Balaban J connectivity index is 2.72. The summed E-state index contributed by atoms with van der Waals surface area (Å²) in [4.78, 5) is 14.4. The molecule has 0 saturated heterocycles. The molecule has 5 heteroatoms. The van der Waals surface area contributed by atoms with E-state index in [9.17, 15) is 4.79 Å². The zero-order chi connectivity index (χ0) is 11.5. The predicted octanol–water partition coefficient (Wildman–Crippen LogP) is 1.76. The molecule has 1 heterocycles. The summed E-state index contributed by atoms with van der Waals surface area (Å²) in [6.07, 6.45) is 1.21. The van der Waals surface area contributed by atoms with Crippen LogP contribution in [-0.2, 0) is 4.74 Å². The van der Waals surface area contributed by atoms with Gasteiger partial charge in [-0.25, -0.2) is 4.79 Å². The van der Waals surface area contributed by atoms with Gasteiger partial charge >= 0.3 is 5.97 Å². The van der Waals surface area contributed by atoms with E-state index in [-0.39, 0.29) is 5.69 Å². The molecule has 16 heavy (non-hydrogen) atoms. The zero-order valence-corrected chi connectivity index (χ0v) is 8.60. The summed E-state index contributed by atoms with van der Waals surface area (Å²) in [6.45, 7) is 0. The smallest absolute Gasteiger partial charge is 0.355 e. The maximum atomic E-state index is 11.5. The third kappa shape index (κ3) is 1.52. The molecule has 0 atom stereocenters. The summed E-state index contributed by atoms with van der Waals surface area (Å²) in [5, 5.41) is 12.3. The molecule has 82 valence electrons. The number of esters is 1. The van der Waals surface area contributed by atoms with Crippen molar-refractivity contribution < 1.29 is 14.7 Å². The van der Waals surface area contributed by atoms with Gasteiger partial charge in [0.1, 0.15) is 5.69 Å². The molecule has 0 aliphatic rings. The lowest BCUT2D eigenvalue weighted by atomic mass is 10.1. The van der Waals surface area contributed by atoms with E-state index in [4.69, 9.17) is 5.21 Å². The van der Waals surface area contributed by atoms with Gasteiger partial charge in [0, 0.05) is 16.5 Å². The first-order chi connectivity index (χ1) is 7.77. The van der Waals surface area contributed by atoms with Gasteiger partial charge in [-0.1, -0.05) is 23.4 Å². The van der Waals surface area contributed by atoms with Gasteiger partial charge in [0.05, 0.1) is 13.3 Å². The second-order valence-corrected chi connectivity index (χ2v) is 3.20. The average Bonchev–Trinajstić information content (AvgIpc) is 2.68. The molecule has 2 rings (SSSR count). The molecule has 0 radical (unpaired) electrons. The number of carbonyl (C=O) groups is 1. The molecule has 0 saturated carbocycles. The van der Waals surface area contributed by atoms with Gasteiger partial charge in [0.2, 0.25) is 0 Å². The molecule has 0 unspecified atom stereocenters. The van der Waals surface area contributed by atoms with Crippen molar-refractivity contribution in [3.05, 3.63) is 35.5 Å². The van der Waals surface area contributed by atoms with Gasteiger partial charge < -0.3 is 14.9 Å². The number of oxime groups is 1. The summed E-state index contributed by atoms with van der Waals surface area (Å²) >= 11 is 0. The highest BCUT2D eigenvalue weighted by molar-refractivity contribution is 6.09. The molecule has 2 aromatic rings. The summed E-state index contributed by atoms with van der Waals surface area (Å²) in [7, 11) is 1.30. The van der Waals surface area contributed by atoms with Crippen LogP contribution in [0.3, 0.4) is 0 Å². The van der Waals surface area contributed by atoms with Gasteiger partial charge in [-0.15, -0.1) is 0 Å². The molecule has 0 amide bonds. The maximum absolute atomic E-state index is 11.5. The first-order valence-corrected chi connectivity index (χ1v) is 4.64. The van der Waals surface area contributed by atoms with Crippen molar-refractivity contribution in [2.75, 3.05) is 7.11 Å². The Kier molecular flexibility index (Phi) is 2.59. The molecular weight excluding hydrogens is 208 g/mol. The quantitative estimate of drug-likeness (QED) is 0.349. The van der Waals surface area contributed by atoms with Gasteiger partial charge in [-0.3, -0.25) is 0 Å². The maximum Gasteiger partial charge on any atom is 0.355 e. The highest BCUT2D eigenvalue weighted by Crippen LogP contribution is 2.21. The molecule has 0 aliphatic heterocycles. The number of fused-ring (bicyclic) bond motifs is 1. The van der Waals surface area contributed by atoms with Crippen molar-refractivity contribution in [3.63, 3.8) is 0 Å². The van der Waals surface area contributed by atoms with Crippen LogP contribution in [0.25, 0.3) is 10.9 Å². The van der Waals surface area contributed by atoms with Crippen LogP contribution < -0.4 is 0 Å². The molecule has 1 aromatic carbocycles.